The average Bonchev–Trinajstić information content (AvgIpc) is 2.94. The third kappa shape index (κ3) is 5.00. The number of pyridine rings is 1. The normalized spacial score (nSPS) is 16.9. The van der Waals surface area contributed by atoms with E-state index in [1.165, 1.54) is 11.3 Å². The molecule has 152 valence electrons. The quantitative estimate of drug-likeness (QED) is 0.763. The molecule has 1 fully saturated rings. The van der Waals surface area contributed by atoms with Gasteiger partial charge in [0.1, 0.15) is 5.82 Å². The molecule has 0 atom stereocenters. The van der Waals surface area contributed by atoms with Crippen molar-refractivity contribution in [2.75, 3.05) is 50.7 Å². The van der Waals surface area contributed by atoms with Gasteiger partial charge in [0, 0.05) is 69.2 Å². The Kier molecular flexibility index (Phi) is 8.63. The third-order valence-electron chi connectivity index (χ3n) is 5.14. The molecule has 0 spiro atoms. The minimum atomic E-state index is 0. The van der Waals surface area contributed by atoms with Crippen LogP contribution in [-0.4, -0.2) is 65.7 Å². The molecule has 6 nitrogen and oxygen atoms in total. The number of halogens is 2. The van der Waals surface area contributed by atoms with Gasteiger partial charge in [0.05, 0.1) is 5.69 Å². The van der Waals surface area contributed by atoms with E-state index in [0.29, 0.717) is 0 Å². The van der Waals surface area contributed by atoms with E-state index in [-0.39, 0.29) is 24.8 Å². The molecule has 8 heteroatoms. The summed E-state index contributed by atoms with van der Waals surface area (Å²) >= 11 is 0. The first-order valence-electron chi connectivity index (χ1n) is 9.44. The molecule has 0 aliphatic carbocycles. The van der Waals surface area contributed by atoms with Crippen LogP contribution in [0.1, 0.15) is 11.3 Å². The molecule has 0 saturated carbocycles. The van der Waals surface area contributed by atoms with E-state index in [9.17, 15) is 0 Å². The number of rotatable bonds is 4. The molecule has 4 heterocycles. The first kappa shape index (κ1) is 22.6. The van der Waals surface area contributed by atoms with Crippen LogP contribution in [0.15, 0.2) is 37.2 Å². The number of fused-ring (bicyclic) bond motifs is 1. The van der Waals surface area contributed by atoms with Gasteiger partial charge >= 0.3 is 0 Å². The summed E-state index contributed by atoms with van der Waals surface area (Å²) < 4.78 is 0. The molecule has 0 unspecified atom stereocenters. The van der Waals surface area contributed by atoms with E-state index in [2.05, 4.69) is 26.7 Å². The van der Waals surface area contributed by atoms with Gasteiger partial charge in [-0.25, -0.2) is 9.97 Å². The number of anilines is 1. The van der Waals surface area contributed by atoms with Gasteiger partial charge in [-0.05, 0) is 25.1 Å². The van der Waals surface area contributed by atoms with Crippen molar-refractivity contribution < 1.29 is 0 Å². The Morgan fingerprint density at radius 1 is 1.07 bits per heavy atom. The number of hydrogen-bond donors (Lipinski definition) is 1. The van der Waals surface area contributed by atoms with Crippen molar-refractivity contribution in [2.24, 2.45) is 0 Å². The maximum atomic E-state index is 5.00. The largest absolute Gasteiger partial charge is 0.354 e. The highest BCUT2D eigenvalue weighted by Crippen LogP contribution is 2.27. The molecule has 0 radical (unpaired) electrons. The molecule has 4 rings (SSSR count). The molecule has 2 aromatic rings. The molecule has 2 aromatic heterocycles. The number of nitrogens with zero attached hydrogens (tertiary/aromatic N) is 5. The molecule has 28 heavy (non-hydrogen) atoms. The van der Waals surface area contributed by atoms with E-state index < -0.39 is 0 Å². The van der Waals surface area contributed by atoms with E-state index >= 15 is 0 Å². The predicted molar refractivity (Wildman–Crippen MR) is 119 cm³/mol. The Labute approximate surface area is 179 Å². The summed E-state index contributed by atoms with van der Waals surface area (Å²) in [4.78, 5) is 19.0. The summed E-state index contributed by atoms with van der Waals surface area (Å²) in [5.41, 5.74) is 3.49. The zero-order chi connectivity index (χ0) is 17.8. The van der Waals surface area contributed by atoms with Crippen LogP contribution < -0.4 is 10.2 Å². The maximum absolute atomic E-state index is 5.00. The first-order valence-corrected chi connectivity index (χ1v) is 9.44. The highest BCUT2D eigenvalue weighted by Gasteiger charge is 2.24. The lowest BCUT2D eigenvalue weighted by Crippen LogP contribution is -2.47. The van der Waals surface area contributed by atoms with Crippen molar-refractivity contribution in [1.82, 2.24) is 25.2 Å². The van der Waals surface area contributed by atoms with E-state index in [4.69, 9.17) is 9.97 Å². The summed E-state index contributed by atoms with van der Waals surface area (Å²) in [6.45, 7) is 10.9. The minimum Gasteiger partial charge on any atom is -0.354 e. The second kappa shape index (κ2) is 10.7. The molecule has 2 aliphatic heterocycles. The highest BCUT2D eigenvalue weighted by atomic mass is 35.5. The zero-order valence-electron chi connectivity index (χ0n) is 16.0. The molecular formula is C20H28Cl2N6. The van der Waals surface area contributed by atoms with Gasteiger partial charge in [0.25, 0.3) is 0 Å². The standard InChI is InChI=1S/C20H26N6.2ClH/c1-2-10-25-11-13-26(14-12-25)20-17-5-8-21-9-6-18(17)23-19(24-20)16-4-3-7-22-15-16;;/h2-4,7,15,21H,1,5-6,8-14H2;2*1H. The zero-order valence-corrected chi connectivity index (χ0v) is 17.6. The van der Waals surface area contributed by atoms with Gasteiger partial charge < -0.3 is 10.2 Å². The lowest BCUT2D eigenvalue weighted by atomic mass is 10.1. The average molecular weight is 423 g/mol. The van der Waals surface area contributed by atoms with Gasteiger partial charge in [-0.1, -0.05) is 6.08 Å². The minimum absolute atomic E-state index is 0. The van der Waals surface area contributed by atoms with Gasteiger partial charge in [0.15, 0.2) is 5.82 Å². The summed E-state index contributed by atoms with van der Waals surface area (Å²) in [5, 5.41) is 3.49. The summed E-state index contributed by atoms with van der Waals surface area (Å²) in [6, 6.07) is 3.98. The Balaban J connectivity index is 0.00000140. The molecule has 0 aromatic carbocycles. The van der Waals surface area contributed by atoms with Crippen molar-refractivity contribution in [3.05, 3.63) is 48.4 Å². The molecule has 2 aliphatic rings. The third-order valence-corrected chi connectivity index (χ3v) is 5.14. The maximum Gasteiger partial charge on any atom is 0.163 e. The van der Waals surface area contributed by atoms with Gasteiger partial charge in [-0.15, -0.1) is 31.4 Å². The summed E-state index contributed by atoms with van der Waals surface area (Å²) in [7, 11) is 0. The number of nitrogens with one attached hydrogen (secondary N) is 1. The fourth-order valence-electron chi connectivity index (χ4n) is 3.74. The highest BCUT2D eigenvalue weighted by molar-refractivity contribution is 5.85. The number of aromatic nitrogens is 3. The topological polar surface area (TPSA) is 57.2 Å². The lowest BCUT2D eigenvalue weighted by Gasteiger charge is -2.36. The van der Waals surface area contributed by atoms with Crippen LogP contribution in [-0.2, 0) is 12.8 Å². The van der Waals surface area contributed by atoms with Crippen LogP contribution in [0.2, 0.25) is 0 Å². The van der Waals surface area contributed by atoms with Crippen LogP contribution in [0, 0.1) is 0 Å². The van der Waals surface area contributed by atoms with Crippen molar-refractivity contribution in [1.29, 1.82) is 0 Å². The summed E-state index contributed by atoms with van der Waals surface area (Å²) in [5.74, 6) is 1.91. The van der Waals surface area contributed by atoms with E-state index in [1.54, 1.807) is 6.20 Å². The molecular weight excluding hydrogens is 395 g/mol. The fourth-order valence-corrected chi connectivity index (χ4v) is 3.74. The van der Waals surface area contributed by atoms with Gasteiger partial charge in [-0.2, -0.15) is 0 Å². The van der Waals surface area contributed by atoms with Crippen LogP contribution >= 0.6 is 24.8 Å². The van der Waals surface area contributed by atoms with Crippen molar-refractivity contribution in [3.63, 3.8) is 0 Å². The molecule has 0 amide bonds. The molecule has 0 bridgehead atoms. The van der Waals surface area contributed by atoms with Crippen molar-refractivity contribution in [3.8, 4) is 11.4 Å². The Morgan fingerprint density at radius 2 is 1.86 bits per heavy atom. The Hall–Kier alpha value is -1.73. The predicted octanol–water partition coefficient (Wildman–Crippen LogP) is 2.38. The van der Waals surface area contributed by atoms with Crippen LogP contribution in [0.25, 0.3) is 11.4 Å². The number of hydrogen-bond acceptors (Lipinski definition) is 6. The Morgan fingerprint density at radius 3 is 2.57 bits per heavy atom. The van der Waals surface area contributed by atoms with Crippen LogP contribution in [0.5, 0.6) is 0 Å². The first-order chi connectivity index (χ1) is 12.8. The van der Waals surface area contributed by atoms with Crippen molar-refractivity contribution >= 4 is 30.6 Å². The van der Waals surface area contributed by atoms with Crippen molar-refractivity contribution in [2.45, 2.75) is 12.8 Å². The van der Waals surface area contributed by atoms with Crippen LogP contribution in [0.3, 0.4) is 0 Å². The monoisotopic (exact) mass is 422 g/mol. The van der Waals surface area contributed by atoms with Gasteiger partial charge in [-0.3, -0.25) is 9.88 Å². The molecule has 1 saturated heterocycles. The second-order valence-electron chi connectivity index (χ2n) is 6.86. The summed E-state index contributed by atoms with van der Waals surface area (Å²) in [6.07, 6.45) is 7.57. The van der Waals surface area contributed by atoms with Crippen LogP contribution in [0.4, 0.5) is 5.82 Å². The number of piperazine rings is 1. The molecule has 1 N–H and O–H groups in total. The second-order valence-corrected chi connectivity index (χ2v) is 6.86. The SMILES string of the molecule is C=CCN1CCN(c2nc(-c3cccnc3)nc3c2CCNCC3)CC1.Cl.Cl. The fraction of sp³-hybridized carbons (Fsp3) is 0.450. The van der Waals surface area contributed by atoms with E-state index in [0.717, 1.165) is 75.9 Å². The van der Waals surface area contributed by atoms with Gasteiger partial charge in [0.2, 0.25) is 0 Å². The lowest BCUT2D eigenvalue weighted by molar-refractivity contribution is 0.283. The van der Waals surface area contributed by atoms with E-state index in [1.807, 2.05) is 24.4 Å². The smallest absolute Gasteiger partial charge is 0.163 e. The Bertz CT molecular complexity index is 763.